The highest BCUT2D eigenvalue weighted by Crippen LogP contribution is 2.24. The number of primary amides is 1. The van der Waals surface area contributed by atoms with Crippen molar-refractivity contribution < 1.29 is 14.6 Å². The second-order valence-electron chi connectivity index (χ2n) is 6.12. The Kier molecular flexibility index (Phi) is 5.90. The third-order valence-electron chi connectivity index (χ3n) is 4.03. The lowest BCUT2D eigenvalue weighted by atomic mass is 10.1. The van der Waals surface area contributed by atoms with E-state index < -0.39 is 12.0 Å². The molecule has 3 N–H and O–H groups in total. The molecule has 0 bridgehead atoms. The molecular formula is C19H20BrN3O3. The monoisotopic (exact) mass is 417 g/mol. The zero-order chi connectivity index (χ0) is 18.5. The maximum absolute atomic E-state index is 11.0. The van der Waals surface area contributed by atoms with Crippen LogP contribution in [0.15, 0.2) is 53.4 Å². The minimum Gasteiger partial charge on any atom is -0.494 e. The number of hydrogen-bond donors (Lipinski definition) is 2. The summed E-state index contributed by atoms with van der Waals surface area (Å²) in [6.07, 6.45) is 3.79. The molecule has 3 aromatic rings. The van der Waals surface area contributed by atoms with E-state index in [0.717, 1.165) is 27.4 Å². The number of carbonyl (C=O) groups is 1. The van der Waals surface area contributed by atoms with Gasteiger partial charge in [0.25, 0.3) is 5.91 Å². The molecular weight excluding hydrogens is 398 g/mol. The van der Waals surface area contributed by atoms with E-state index in [4.69, 9.17) is 10.5 Å². The Bertz CT molecular complexity index is 910. The number of aromatic nitrogens is 2. The predicted octanol–water partition coefficient (Wildman–Crippen LogP) is 3.12. The van der Waals surface area contributed by atoms with E-state index in [0.29, 0.717) is 19.6 Å². The molecule has 1 atom stereocenters. The van der Waals surface area contributed by atoms with Gasteiger partial charge in [-0.15, -0.1) is 0 Å². The summed E-state index contributed by atoms with van der Waals surface area (Å²) in [5.41, 5.74) is 5.36. The molecule has 1 amide bonds. The van der Waals surface area contributed by atoms with Crippen molar-refractivity contribution in [2.75, 3.05) is 6.61 Å². The number of nitrogens with two attached hydrogens (primary N) is 1. The first kappa shape index (κ1) is 18.4. The summed E-state index contributed by atoms with van der Waals surface area (Å²) in [5.74, 6) is 0.236. The van der Waals surface area contributed by atoms with Crippen LogP contribution in [-0.4, -0.2) is 33.3 Å². The molecule has 136 valence electrons. The fraction of sp³-hybridized carbons (Fsp3) is 0.263. The van der Waals surface area contributed by atoms with E-state index >= 15 is 0 Å². The Balaban J connectivity index is 1.45. The highest BCUT2D eigenvalue weighted by Gasteiger charge is 2.09. The van der Waals surface area contributed by atoms with Gasteiger partial charge < -0.3 is 20.1 Å². The number of rotatable bonds is 8. The molecule has 0 radical (unpaired) electrons. The van der Waals surface area contributed by atoms with Crippen molar-refractivity contribution in [2.24, 2.45) is 5.73 Å². The molecule has 6 nitrogen and oxygen atoms in total. The molecule has 0 saturated heterocycles. The van der Waals surface area contributed by atoms with Gasteiger partial charge in [0.05, 0.1) is 19.0 Å². The number of hydrogen-bond acceptors (Lipinski definition) is 4. The number of fused-ring (bicyclic) bond motifs is 1. The maximum atomic E-state index is 11.0. The summed E-state index contributed by atoms with van der Waals surface area (Å²) in [5, 5.41) is 12.4. The first-order valence-electron chi connectivity index (χ1n) is 8.33. The van der Waals surface area contributed by atoms with Crippen LogP contribution in [0.1, 0.15) is 23.3 Å². The van der Waals surface area contributed by atoms with Crippen molar-refractivity contribution in [3.8, 4) is 5.75 Å². The third kappa shape index (κ3) is 4.83. The number of aliphatic hydroxyl groups is 1. The molecule has 0 fully saturated rings. The van der Waals surface area contributed by atoms with Gasteiger partial charge in [-0.2, -0.15) is 0 Å². The molecule has 0 saturated carbocycles. The molecule has 2 aromatic carbocycles. The van der Waals surface area contributed by atoms with Gasteiger partial charge in [0.1, 0.15) is 11.4 Å². The first-order valence-corrected chi connectivity index (χ1v) is 9.12. The fourth-order valence-corrected chi connectivity index (χ4v) is 3.10. The van der Waals surface area contributed by atoms with Gasteiger partial charge in [0.15, 0.2) is 0 Å². The van der Waals surface area contributed by atoms with E-state index in [2.05, 4.69) is 33.0 Å². The second kappa shape index (κ2) is 8.33. The molecule has 0 aliphatic carbocycles. The number of halogens is 1. The highest BCUT2D eigenvalue weighted by atomic mass is 79.9. The van der Waals surface area contributed by atoms with Crippen LogP contribution in [0.5, 0.6) is 5.75 Å². The van der Waals surface area contributed by atoms with E-state index in [1.807, 2.05) is 24.3 Å². The number of aliphatic hydroxyl groups excluding tert-OH is 1. The lowest BCUT2D eigenvalue weighted by Gasteiger charge is -2.12. The lowest BCUT2D eigenvalue weighted by Crippen LogP contribution is -2.16. The van der Waals surface area contributed by atoms with Crippen molar-refractivity contribution in [1.29, 1.82) is 0 Å². The van der Waals surface area contributed by atoms with Crippen molar-refractivity contribution in [1.82, 2.24) is 9.55 Å². The zero-order valence-electron chi connectivity index (χ0n) is 14.1. The van der Waals surface area contributed by atoms with E-state index in [1.165, 1.54) is 12.5 Å². The largest absolute Gasteiger partial charge is 0.494 e. The van der Waals surface area contributed by atoms with Gasteiger partial charge in [-0.25, -0.2) is 4.98 Å². The molecule has 0 aliphatic heterocycles. The molecule has 1 heterocycles. The SMILES string of the molecule is NC(=O)c1cn(C[C@@H](O)CCCOc2ccc3ccc(Br)cc3c2)cn1. The predicted molar refractivity (Wildman–Crippen MR) is 103 cm³/mol. The van der Waals surface area contributed by atoms with Crippen LogP contribution >= 0.6 is 15.9 Å². The van der Waals surface area contributed by atoms with Crippen LogP contribution in [-0.2, 0) is 6.54 Å². The lowest BCUT2D eigenvalue weighted by molar-refractivity contribution is 0.0995. The Hall–Kier alpha value is -2.38. The summed E-state index contributed by atoms with van der Waals surface area (Å²) in [6.45, 7) is 0.886. The molecule has 26 heavy (non-hydrogen) atoms. The molecule has 0 aliphatic rings. The summed E-state index contributed by atoms with van der Waals surface area (Å²) in [7, 11) is 0. The Morgan fingerprint density at radius 2 is 2.08 bits per heavy atom. The van der Waals surface area contributed by atoms with Crippen molar-refractivity contribution in [3.05, 3.63) is 59.1 Å². The summed E-state index contributed by atoms with van der Waals surface area (Å²) >= 11 is 3.47. The fourth-order valence-electron chi connectivity index (χ4n) is 2.72. The van der Waals surface area contributed by atoms with E-state index in [9.17, 15) is 9.90 Å². The van der Waals surface area contributed by atoms with Crippen LogP contribution < -0.4 is 10.5 Å². The summed E-state index contributed by atoms with van der Waals surface area (Å²) in [6, 6.07) is 12.1. The third-order valence-corrected chi connectivity index (χ3v) is 4.52. The van der Waals surface area contributed by atoms with Gasteiger partial charge >= 0.3 is 0 Å². The number of imidazole rings is 1. The Morgan fingerprint density at radius 3 is 2.85 bits per heavy atom. The van der Waals surface area contributed by atoms with Crippen LogP contribution in [0.4, 0.5) is 0 Å². The quantitative estimate of drug-likeness (QED) is 0.550. The van der Waals surface area contributed by atoms with E-state index in [1.54, 1.807) is 4.57 Å². The van der Waals surface area contributed by atoms with Crippen LogP contribution in [0.2, 0.25) is 0 Å². The van der Waals surface area contributed by atoms with Crippen LogP contribution in [0.25, 0.3) is 10.8 Å². The highest BCUT2D eigenvalue weighted by molar-refractivity contribution is 9.10. The smallest absolute Gasteiger partial charge is 0.268 e. The molecule has 0 unspecified atom stereocenters. The van der Waals surface area contributed by atoms with E-state index in [-0.39, 0.29) is 5.69 Å². The minimum atomic E-state index is -0.575. The average Bonchev–Trinajstić information content (AvgIpc) is 3.07. The number of benzene rings is 2. The van der Waals surface area contributed by atoms with Gasteiger partial charge in [-0.05, 0) is 47.9 Å². The van der Waals surface area contributed by atoms with Gasteiger partial charge in [-0.1, -0.05) is 28.1 Å². The zero-order valence-corrected chi connectivity index (χ0v) is 15.7. The molecule has 0 spiro atoms. The maximum Gasteiger partial charge on any atom is 0.268 e. The number of ether oxygens (including phenoxy) is 1. The van der Waals surface area contributed by atoms with Gasteiger partial charge in [0.2, 0.25) is 0 Å². The van der Waals surface area contributed by atoms with Gasteiger partial charge in [-0.3, -0.25) is 4.79 Å². The first-order chi connectivity index (χ1) is 12.5. The topological polar surface area (TPSA) is 90.4 Å². The minimum absolute atomic E-state index is 0.198. The summed E-state index contributed by atoms with van der Waals surface area (Å²) in [4.78, 5) is 14.9. The van der Waals surface area contributed by atoms with Crippen molar-refractivity contribution >= 4 is 32.6 Å². The standard InChI is InChI=1S/C19H20BrN3O3/c20-15-5-3-13-4-6-17(9-14(13)8-15)26-7-1-2-16(24)10-23-11-18(19(21)25)22-12-23/h3-6,8-9,11-12,16,24H,1-2,7,10H2,(H2,21,25)/t16-/m0/s1. The van der Waals surface area contributed by atoms with Crippen molar-refractivity contribution in [2.45, 2.75) is 25.5 Å². The number of nitrogens with zero attached hydrogens (tertiary/aromatic N) is 2. The Morgan fingerprint density at radius 1 is 1.27 bits per heavy atom. The number of amides is 1. The summed E-state index contributed by atoms with van der Waals surface area (Å²) < 4.78 is 8.47. The van der Waals surface area contributed by atoms with Crippen LogP contribution in [0, 0.1) is 0 Å². The second-order valence-corrected chi connectivity index (χ2v) is 7.03. The normalized spacial score (nSPS) is 12.2. The van der Waals surface area contributed by atoms with Crippen LogP contribution in [0.3, 0.4) is 0 Å². The number of carbonyl (C=O) groups excluding carboxylic acids is 1. The molecule has 1 aromatic heterocycles. The average molecular weight is 418 g/mol. The van der Waals surface area contributed by atoms with Crippen molar-refractivity contribution in [3.63, 3.8) is 0 Å². The Labute approximate surface area is 159 Å². The molecule has 7 heteroatoms. The van der Waals surface area contributed by atoms with Gasteiger partial charge in [0, 0.05) is 17.2 Å². The molecule has 3 rings (SSSR count).